The van der Waals surface area contributed by atoms with Crippen molar-refractivity contribution in [2.24, 2.45) is 0 Å². The van der Waals surface area contributed by atoms with Crippen molar-refractivity contribution in [3.05, 3.63) is 42.5 Å². The van der Waals surface area contributed by atoms with E-state index < -0.39 is 0 Å². The first kappa shape index (κ1) is 13.9. The van der Waals surface area contributed by atoms with Crippen LogP contribution < -0.4 is 5.73 Å². The number of allylic oxidation sites excluding steroid dienone is 1. The van der Waals surface area contributed by atoms with E-state index in [2.05, 4.69) is 23.1 Å². The molecule has 2 N–H and O–H groups in total. The largest absolute Gasteiger partial charge is 0.383 e. The van der Waals surface area contributed by atoms with Gasteiger partial charge in [-0.05, 0) is 31.4 Å². The van der Waals surface area contributed by atoms with E-state index in [1.165, 1.54) is 25.7 Å². The number of pyridine rings is 1. The summed E-state index contributed by atoms with van der Waals surface area (Å²) in [6, 6.07) is 2.00. The smallest absolute Gasteiger partial charge is 0.132 e. The van der Waals surface area contributed by atoms with E-state index in [1.807, 2.05) is 18.3 Å². The highest BCUT2D eigenvalue weighted by Gasteiger charge is 2.25. The number of aryl methyl sites for hydroxylation is 1. The molecule has 1 aliphatic rings. The molecule has 1 saturated carbocycles. The van der Waals surface area contributed by atoms with Crippen molar-refractivity contribution in [3.8, 4) is 11.3 Å². The van der Waals surface area contributed by atoms with Crippen molar-refractivity contribution in [2.45, 2.75) is 45.1 Å². The predicted octanol–water partition coefficient (Wildman–Crippen LogP) is 3.68. The predicted molar refractivity (Wildman–Crippen MR) is 86.0 cm³/mol. The highest BCUT2D eigenvalue weighted by atomic mass is 15.1. The molecule has 21 heavy (non-hydrogen) atoms. The van der Waals surface area contributed by atoms with Crippen molar-refractivity contribution in [1.82, 2.24) is 14.5 Å². The zero-order chi connectivity index (χ0) is 14.8. The number of hydrogen-bond acceptors (Lipinski definition) is 3. The van der Waals surface area contributed by atoms with Crippen LogP contribution in [-0.2, 0) is 6.54 Å². The van der Waals surface area contributed by atoms with Gasteiger partial charge in [0.2, 0.25) is 0 Å². The molecule has 0 radical (unpaired) electrons. The summed E-state index contributed by atoms with van der Waals surface area (Å²) in [5, 5.41) is 0. The van der Waals surface area contributed by atoms with Gasteiger partial charge in [0, 0.05) is 30.4 Å². The van der Waals surface area contributed by atoms with Crippen LogP contribution >= 0.6 is 0 Å². The molecule has 4 nitrogen and oxygen atoms in total. The summed E-state index contributed by atoms with van der Waals surface area (Å²) >= 11 is 0. The molecule has 2 aromatic rings. The van der Waals surface area contributed by atoms with Crippen molar-refractivity contribution < 1.29 is 0 Å². The quantitative estimate of drug-likeness (QED) is 0.870. The van der Waals surface area contributed by atoms with Gasteiger partial charge in [-0.15, -0.1) is 6.58 Å². The van der Waals surface area contributed by atoms with E-state index in [9.17, 15) is 0 Å². The van der Waals surface area contributed by atoms with E-state index in [0.717, 1.165) is 28.5 Å². The second kappa shape index (κ2) is 5.72. The van der Waals surface area contributed by atoms with E-state index >= 15 is 0 Å². The maximum Gasteiger partial charge on any atom is 0.132 e. The molecule has 0 aliphatic heterocycles. The molecule has 0 amide bonds. The fourth-order valence-corrected chi connectivity index (χ4v) is 3.21. The van der Waals surface area contributed by atoms with Gasteiger partial charge in [-0.25, -0.2) is 4.98 Å². The van der Waals surface area contributed by atoms with Gasteiger partial charge in [-0.2, -0.15) is 0 Å². The minimum Gasteiger partial charge on any atom is -0.383 e. The summed E-state index contributed by atoms with van der Waals surface area (Å²) in [5.74, 6) is 2.37. The molecule has 0 bridgehead atoms. The molecule has 3 rings (SSSR count). The van der Waals surface area contributed by atoms with Crippen LogP contribution in [0.4, 0.5) is 5.82 Å². The Kier molecular flexibility index (Phi) is 3.78. The summed E-state index contributed by atoms with van der Waals surface area (Å²) in [5.41, 5.74) is 9.42. The van der Waals surface area contributed by atoms with Crippen LogP contribution in [0.5, 0.6) is 0 Å². The molecule has 0 atom stereocenters. The van der Waals surface area contributed by atoms with Crippen LogP contribution in [0.3, 0.4) is 0 Å². The first-order valence-electron chi connectivity index (χ1n) is 7.60. The first-order chi connectivity index (χ1) is 10.2. The minimum atomic E-state index is 0.526. The van der Waals surface area contributed by atoms with Crippen LogP contribution in [0.15, 0.2) is 31.1 Å². The monoisotopic (exact) mass is 282 g/mol. The van der Waals surface area contributed by atoms with E-state index in [0.29, 0.717) is 12.5 Å². The van der Waals surface area contributed by atoms with Crippen LogP contribution in [0, 0.1) is 6.92 Å². The van der Waals surface area contributed by atoms with Crippen LogP contribution in [0.1, 0.15) is 43.0 Å². The third-order valence-corrected chi connectivity index (χ3v) is 4.36. The molecule has 2 heterocycles. The number of rotatable bonds is 4. The topological polar surface area (TPSA) is 56.7 Å². The Morgan fingerprint density at radius 2 is 2.19 bits per heavy atom. The van der Waals surface area contributed by atoms with Gasteiger partial charge in [0.1, 0.15) is 17.3 Å². The molecule has 0 saturated heterocycles. The summed E-state index contributed by atoms with van der Waals surface area (Å²) < 4.78 is 2.12. The standard InChI is InChI=1S/C17H22N4/c1-3-10-21-16(18)15(14-11-19-9-8-12(14)2)20-17(21)13-6-4-5-7-13/h3,8-9,11,13H,1,4-7,10,18H2,2H3. The SMILES string of the molecule is C=CCn1c(C2CCCC2)nc(-c2cnccc2C)c1N. The second-order valence-corrected chi connectivity index (χ2v) is 5.78. The van der Waals surface area contributed by atoms with Gasteiger partial charge < -0.3 is 10.3 Å². The number of imidazole rings is 1. The molecule has 2 aromatic heterocycles. The molecule has 4 heteroatoms. The van der Waals surface area contributed by atoms with Gasteiger partial charge in [-0.1, -0.05) is 18.9 Å². The normalized spacial score (nSPS) is 15.5. The van der Waals surface area contributed by atoms with Gasteiger partial charge >= 0.3 is 0 Å². The minimum absolute atomic E-state index is 0.526. The van der Waals surface area contributed by atoms with Crippen molar-refractivity contribution in [3.63, 3.8) is 0 Å². The maximum atomic E-state index is 6.38. The molecule has 110 valence electrons. The Balaban J connectivity index is 2.11. The van der Waals surface area contributed by atoms with Gasteiger partial charge in [0.05, 0.1) is 0 Å². The number of nitrogens with zero attached hydrogens (tertiary/aromatic N) is 3. The Morgan fingerprint density at radius 1 is 1.43 bits per heavy atom. The first-order valence-corrected chi connectivity index (χ1v) is 7.60. The summed E-state index contributed by atoms with van der Waals surface area (Å²) in [4.78, 5) is 9.11. The van der Waals surface area contributed by atoms with Gasteiger partial charge in [-0.3, -0.25) is 4.98 Å². The molecule has 1 fully saturated rings. The molecule has 0 spiro atoms. The molecule has 0 unspecified atom stereocenters. The number of anilines is 1. The van der Waals surface area contributed by atoms with Crippen molar-refractivity contribution in [2.75, 3.05) is 5.73 Å². The van der Waals surface area contributed by atoms with Gasteiger partial charge in [0.15, 0.2) is 0 Å². The van der Waals surface area contributed by atoms with Crippen molar-refractivity contribution >= 4 is 5.82 Å². The van der Waals surface area contributed by atoms with Crippen molar-refractivity contribution in [1.29, 1.82) is 0 Å². The summed E-state index contributed by atoms with van der Waals surface area (Å²) in [6.07, 6.45) is 10.5. The fraction of sp³-hybridized carbons (Fsp3) is 0.412. The highest BCUT2D eigenvalue weighted by molar-refractivity contribution is 5.73. The number of aromatic nitrogens is 3. The molecule has 0 aromatic carbocycles. The van der Waals surface area contributed by atoms with Crippen LogP contribution in [0.25, 0.3) is 11.3 Å². The lowest BCUT2D eigenvalue weighted by Crippen LogP contribution is -2.08. The van der Waals surface area contributed by atoms with E-state index in [4.69, 9.17) is 10.7 Å². The lowest BCUT2D eigenvalue weighted by Gasteiger charge is -2.11. The third-order valence-electron chi connectivity index (χ3n) is 4.36. The Bertz CT molecular complexity index is 651. The Labute approximate surface area is 125 Å². The Hall–Kier alpha value is -2.10. The number of nitrogen functional groups attached to an aromatic ring is 1. The van der Waals surface area contributed by atoms with E-state index in [1.54, 1.807) is 6.20 Å². The summed E-state index contributed by atoms with van der Waals surface area (Å²) in [7, 11) is 0. The van der Waals surface area contributed by atoms with Crippen LogP contribution in [0.2, 0.25) is 0 Å². The summed E-state index contributed by atoms with van der Waals surface area (Å²) in [6.45, 7) is 6.63. The average molecular weight is 282 g/mol. The fourth-order valence-electron chi connectivity index (χ4n) is 3.21. The molecular weight excluding hydrogens is 260 g/mol. The highest BCUT2D eigenvalue weighted by Crippen LogP contribution is 2.37. The number of hydrogen-bond donors (Lipinski definition) is 1. The lowest BCUT2D eigenvalue weighted by atomic mass is 10.1. The lowest BCUT2D eigenvalue weighted by molar-refractivity contribution is 0.618. The average Bonchev–Trinajstić information content (AvgIpc) is 3.10. The van der Waals surface area contributed by atoms with Crippen LogP contribution in [-0.4, -0.2) is 14.5 Å². The van der Waals surface area contributed by atoms with Gasteiger partial charge in [0.25, 0.3) is 0 Å². The Morgan fingerprint density at radius 3 is 2.86 bits per heavy atom. The van der Waals surface area contributed by atoms with E-state index in [-0.39, 0.29) is 0 Å². The second-order valence-electron chi connectivity index (χ2n) is 5.78. The molecule has 1 aliphatic carbocycles. The maximum absolute atomic E-state index is 6.38. The number of nitrogens with two attached hydrogens (primary N) is 1. The molecular formula is C17H22N4. The zero-order valence-corrected chi connectivity index (χ0v) is 12.5. The zero-order valence-electron chi connectivity index (χ0n) is 12.5. The third kappa shape index (κ3) is 2.46.